The number of anilines is 4. The lowest BCUT2D eigenvalue weighted by Gasteiger charge is -2.44. The van der Waals surface area contributed by atoms with E-state index in [4.69, 9.17) is 60.6 Å². The number of pyridine rings is 4. The molecule has 0 saturated carbocycles. The Morgan fingerprint density at radius 1 is 0.434 bits per heavy atom. The summed E-state index contributed by atoms with van der Waals surface area (Å²) < 4.78 is 16.5. The molecule has 38 heteroatoms. The number of rotatable bonds is 7. The molecule has 7 amide bonds. The Balaban J connectivity index is 0.000000127. The van der Waals surface area contributed by atoms with Gasteiger partial charge in [0, 0.05) is 127 Å². The van der Waals surface area contributed by atoms with Crippen molar-refractivity contribution in [1.29, 1.82) is 0 Å². The second-order valence-electron chi connectivity index (χ2n) is 22.5. The van der Waals surface area contributed by atoms with Crippen LogP contribution in [0.5, 0.6) is 0 Å². The average Bonchev–Trinajstić information content (AvgIpc) is 1.65. The lowest BCUT2D eigenvalue weighted by Crippen LogP contribution is -2.55. The summed E-state index contributed by atoms with van der Waals surface area (Å²) >= 11 is 23.4. The molecular weight excluding hydrogens is 1370 g/mol. The largest absolute Gasteiger partial charge is 0.633 e. The van der Waals surface area contributed by atoms with E-state index in [1.54, 1.807) is 65.4 Å². The first kappa shape index (κ1) is 68.5. The zero-order valence-electron chi connectivity index (χ0n) is 52.2. The van der Waals surface area contributed by atoms with E-state index in [2.05, 4.69) is 70.0 Å². The predicted octanol–water partition coefficient (Wildman–Crippen LogP) is 5.55. The van der Waals surface area contributed by atoms with Gasteiger partial charge < -0.3 is 49.2 Å². The first-order chi connectivity index (χ1) is 47.7. The molecular formula is C61H56Cl4N22O12. The van der Waals surface area contributed by atoms with Crippen LogP contribution in [0.15, 0.2) is 123 Å². The molecule has 0 radical (unpaired) electrons. The van der Waals surface area contributed by atoms with Crippen LogP contribution in [0.3, 0.4) is 0 Å². The van der Waals surface area contributed by atoms with Crippen molar-refractivity contribution in [2.75, 3.05) is 112 Å². The summed E-state index contributed by atoms with van der Waals surface area (Å²) in [6, 6.07) is 12.7. The minimum Gasteiger partial charge on any atom is -0.633 e. The number of ether oxygens (including phenoxy) is 3. The molecule has 1 unspecified atom stereocenters. The van der Waals surface area contributed by atoms with E-state index < -0.39 is 71.5 Å². The van der Waals surface area contributed by atoms with E-state index >= 15 is 0 Å². The molecule has 4 atom stereocenters. The number of aromatic nitrogens is 12. The SMILES string of the molecule is CN1CCN(C(=O)O[C@H]2c3nccnc3C(=O)N2c2ccc(Cl)cn2)CC1.C[N+]1([O-])CCN(C(=O)O[C@H]2c3nccnc3C(=O)N2c2ccc(Cl)cn2)CC1.O=C(O[C@H]1c2nccnc2C(=O)N1c1ccc(Cl)cn1)N1CCNCC1.O=C1c2nccnc2C(O)N1c1ccc(Cl)cn1. The summed E-state index contributed by atoms with van der Waals surface area (Å²) in [6.45, 7) is 6.18. The summed E-state index contributed by atoms with van der Waals surface area (Å²) in [7, 11) is 3.57. The number of nitrogens with zero attached hydrogens (tertiary/aromatic N) is 21. The minimum atomic E-state index is -1.17. The highest BCUT2D eigenvalue weighted by molar-refractivity contribution is 6.31. The topological polar surface area (TPSA) is 383 Å². The number of quaternary nitrogens is 1. The fraction of sp³-hybridized carbons (Fsp3) is 0.295. The van der Waals surface area contributed by atoms with Gasteiger partial charge >= 0.3 is 18.3 Å². The number of aliphatic hydroxyl groups is 1. The molecule has 8 aromatic rings. The van der Waals surface area contributed by atoms with Crippen LogP contribution in [0.25, 0.3) is 0 Å². The zero-order valence-corrected chi connectivity index (χ0v) is 55.2. The summed E-state index contributed by atoms with van der Waals surface area (Å²) in [5, 5.41) is 26.9. The Kier molecular flexibility index (Phi) is 20.6. The van der Waals surface area contributed by atoms with E-state index in [0.717, 1.165) is 18.0 Å². The number of amides is 7. The first-order valence-electron chi connectivity index (χ1n) is 30.3. The maximum absolute atomic E-state index is 12.8. The van der Waals surface area contributed by atoms with E-state index in [1.165, 1.54) is 94.0 Å². The van der Waals surface area contributed by atoms with Gasteiger partial charge in [0.1, 0.15) is 46.0 Å². The number of fused-ring (bicyclic) bond motifs is 4. The Morgan fingerprint density at radius 2 is 0.727 bits per heavy atom. The van der Waals surface area contributed by atoms with Crippen LogP contribution in [-0.4, -0.2) is 224 Å². The van der Waals surface area contributed by atoms with Crippen molar-refractivity contribution in [1.82, 2.24) is 84.7 Å². The summed E-state index contributed by atoms with van der Waals surface area (Å²) in [5.74, 6) is -0.590. The molecule has 0 aromatic carbocycles. The van der Waals surface area contributed by atoms with Crippen molar-refractivity contribution in [2.45, 2.75) is 24.9 Å². The average molecular weight is 1430 g/mol. The Labute approximate surface area is 581 Å². The van der Waals surface area contributed by atoms with Crippen LogP contribution < -0.4 is 24.9 Å². The van der Waals surface area contributed by atoms with Gasteiger partial charge in [-0.15, -0.1) is 0 Å². The number of hydrogen-bond acceptors (Lipinski definition) is 26. The number of aliphatic hydroxyl groups excluding tert-OH is 1. The van der Waals surface area contributed by atoms with Gasteiger partial charge in [-0.3, -0.25) is 48.9 Å². The molecule has 2 N–H and O–H groups in total. The van der Waals surface area contributed by atoms with Gasteiger partial charge in [-0.25, -0.2) is 69.0 Å². The summed E-state index contributed by atoms with van der Waals surface area (Å²) in [5.41, 5.74) is 1.58. The third kappa shape index (κ3) is 14.9. The lowest BCUT2D eigenvalue weighted by molar-refractivity contribution is -0.864. The molecule has 7 aliphatic rings. The van der Waals surface area contributed by atoms with Gasteiger partial charge in [0.05, 0.1) is 53.3 Å². The van der Waals surface area contributed by atoms with Crippen molar-refractivity contribution in [3.63, 3.8) is 0 Å². The normalized spacial score (nSPS) is 19.7. The van der Waals surface area contributed by atoms with Crippen LogP contribution in [-0.2, 0) is 14.2 Å². The molecule has 34 nitrogen and oxygen atoms in total. The molecule has 510 valence electrons. The van der Waals surface area contributed by atoms with Crippen molar-refractivity contribution < 1.29 is 57.5 Å². The predicted molar refractivity (Wildman–Crippen MR) is 349 cm³/mol. The number of hydroxylamine groups is 3. The zero-order chi connectivity index (χ0) is 69.6. The smallest absolute Gasteiger partial charge is 0.412 e. The standard InChI is InChI=1S/C17H17ClN6O4.C17H17ClN6O3.C16H15ClN6O3.C11H7ClN4O2/c1-24(27)8-6-22(7-9-24)17(26)28-16-14-13(19-4-5-20-14)15(25)23(16)12-3-2-11(18)10-21-12;1-22-6-8-23(9-7-22)17(26)27-16-14-13(19-4-5-20-14)15(25)24(16)12-3-2-11(18)10-21-12;17-10-1-2-11(21-9-10)23-14(24)12-13(20-4-3-19-12)15(23)26-16(25)22-7-5-18-6-8-22;12-6-1-2-7(15-5-6)16-10(17)8-9(11(16)18)14-4-3-13-8/h2-5,10,16H,6-9H2,1H3;2-5,10,16H,6-9H2,1H3;1-4,9,15,18H,5-8H2;1-5,10,17H/t2*16-;15-;/m000./s1. The molecule has 7 aliphatic heterocycles. The van der Waals surface area contributed by atoms with E-state index in [0.29, 0.717) is 82.5 Å². The molecule has 3 fully saturated rings. The van der Waals surface area contributed by atoms with E-state index in [9.17, 15) is 43.9 Å². The van der Waals surface area contributed by atoms with Crippen LogP contribution in [0.4, 0.5) is 37.7 Å². The Hall–Kier alpha value is -10.4. The number of halogens is 4. The number of piperazine rings is 3. The summed E-state index contributed by atoms with van der Waals surface area (Å²) in [6.07, 6.45) is 11.1. The lowest BCUT2D eigenvalue weighted by atomic mass is 10.3. The highest BCUT2D eigenvalue weighted by Gasteiger charge is 2.48. The fourth-order valence-corrected chi connectivity index (χ4v) is 11.3. The van der Waals surface area contributed by atoms with Crippen molar-refractivity contribution >= 4 is 112 Å². The second-order valence-corrected chi connectivity index (χ2v) is 24.3. The van der Waals surface area contributed by atoms with Crippen molar-refractivity contribution in [3.05, 3.63) is 194 Å². The first-order valence-corrected chi connectivity index (χ1v) is 31.8. The second kappa shape index (κ2) is 29.7. The highest BCUT2D eigenvalue weighted by Crippen LogP contribution is 2.40. The fourth-order valence-electron chi connectivity index (χ4n) is 10.8. The number of nitrogens with one attached hydrogen (secondary N) is 1. The van der Waals surface area contributed by atoms with Gasteiger partial charge in [-0.2, -0.15) is 0 Å². The minimum absolute atomic E-state index is 0.0968. The molecule has 8 aromatic heterocycles. The third-order valence-electron chi connectivity index (χ3n) is 16.0. The molecule has 3 saturated heterocycles. The Morgan fingerprint density at radius 3 is 1.06 bits per heavy atom. The number of likely N-dealkylation sites (N-methyl/N-ethyl adjacent to an activating group) is 2. The number of carbonyl (C=O) groups excluding carboxylic acids is 7. The number of hydrogen-bond donors (Lipinski definition) is 2. The molecule has 0 spiro atoms. The van der Waals surface area contributed by atoms with Gasteiger partial charge in [-0.05, 0) is 55.6 Å². The monoisotopic (exact) mass is 1430 g/mol. The number of carbonyl (C=O) groups is 7. The van der Waals surface area contributed by atoms with Gasteiger partial charge in [-0.1, -0.05) is 46.4 Å². The van der Waals surface area contributed by atoms with Crippen LogP contribution in [0.2, 0.25) is 20.1 Å². The van der Waals surface area contributed by atoms with Gasteiger partial charge in [0.25, 0.3) is 23.6 Å². The summed E-state index contributed by atoms with van der Waals surface area (Å²) in [4.78, 5) is 149. The molecule has 0 bridgehead atoms. The van der Waals surface area contributed by atoms with Crippen LogP contribution >= 0.6 is 46.4 Å². The molecule has 99 heavy (non-hydrogen) atoms. The maximum Gasteiger partial charge on any atom is 0.412 e. The molecule has 15 heterocycles. The van der Waals surface area contributed by atoms with E-state index in [1.807, 2.05) is 7.05 Å². The van der Waals surface area contributed by atoms with E-state index in [-0.39, 0.29) is 71.9 Å². The Bertz CT molecular complexity index is 4330. The van der Waals surface area contributed by atoms with Crippen molar-refractivity contribution in [3.8, 4) is 0 Å². The maximum atomic E-state index is 12.8. The van der Waals surface area contributed by atoms with Gasteiger partial charge in [0.15, 0.2) is 29.0 Å². The molecule has 0 aliphatic carbocycles. The molecule has 15 rings (SSSR count). The van der Waals surface area contributed by atoms with Crippen LogP contribution in [0, 0.1) is 5.21 Å². The third-order valence-corrected chi connectivity index (χ3v) is 16.9. The van der Waals surface area contributed by atoms with Gasteiger partial charge in [0.2, 0.25) is 18.7 Å². The highest BCUT2D eigenvalue weighted by atomic mass is 35.5. The van der Waals surface area contributed by atoms with Crippen LogP contribution in [0.1, 0.15) is 89.6 Å². The van der Waals surface area contributed by atoms with Crippen molar-refractivity contribution in [2.24, 2.45) is 0 Å². The quantitative estimate of drug-likeness (QED) is 0.112.